The lowest BCUT2D eigenvalue weighted by molar-refractivity contribution is -0.120. The van der Waals surface area contributed by atoms with Gasteiger partial charge < -0.3 is 24.3 Å². The maximum atomic E-state index is 12.5. The number of nitrogens with one attached hydrogen (secondary N) is 1. The molecule has 0 spiro atoms. The van der Waals surface area contributed by atoms with Gasteiger partial charge in [0.1, 0.15) is 0 Å². The molecule has 1 amide bonds. The lowest BCUT2D eigenvalue weighted by atomic mass is 10.1. The Morgan fingerprint density at radius 1 is 0.781 bits per heavy atom. The lowest BCUT2D eigenvalue weighted by Crippen LogP contribution is -2.27. The van der Waals surface area contributed by atoms with Gasteiger partial charge in [0.25, 0.3) is 0 Å². The number of carbonyl (C=O) groups excluding carboxylic acids is 1. The van der Waals surface area contributed by atoms with Gasteiger partial charge in [-0.25, -0.2) is 0 Å². The van der Waals surface area contributed by atoms with E-state index in [4.69, 9.17) is 18.9 Å². The fraction of sp³-hybridized carbons (Fsp3) is 0.500. The van der Waals surface area contributed by atoms with Crippen LogP contribution >= 0.6 is 0 Å². The van der Waals surface area contributed by atoms with Crippen molar-refractivity contribution in [1.29, 1.82) is 0 Å². The minimum Gasteiger partial charge on any atom is -0.490 e. The third-order valence-electron chi connectivity index (χ3n) is 4.44. The molecule has 176 valence electrons. The van der Waals surface area contributed by atoms with Crippen molar-refractivity contribution >= 4 is 5.91 Å². The Morgan fingerprint density at radius 2 is 1.34 bits per heavy atom. The minimum absolute atomic E-state index is 0.0179. The highest BCUT2D eigenvalue weighted by molar-refractivity contribution is 5.78. The zero-order valence-corrected chi connectivity index (χ0v) is 20.2. The zero-order valence-electron chi connectivity index (χ0n) is 20.2. The number of hydrogen-bond acceptors (Lipinski definition) is 5. The standard InChI is InChI=1S/C26H37NO5/c1-7-29-22-11-9-20(15-24(22)30-8-2)13-14-27-26(28)17-21-10-12-23(31-18(3)4)25(16-21)32-19(5)6/h9-12,15-16,18-19H,7-8,13-14,17H2,1-6H3,(H,27,28). The van der Waals surface area contributed by atoms with E-state index < -0.39 is 0 Å². The Hall–Kier alpha value is -2.89. The summed E-state index contributed by atoms with van der Waals surface area (Å²) in [6, 6.07) is 11.6. The summed E-state index contributed by atoms with van der Waals surface area (Å²) in [5, 5.41) is 2.99. The van der Waals surface area contributed by atoms with Gasteiger partial charge >= 0.3 is 0 Å². The van der Waals surface area contributed by atoms with Crippen LogP contribution in [0.15, 0.2) is 36.4 Å². The van der Waals surface area contributed by atoms with E-state index in [1.807, 2.05) is 77.9 Å². The highest BCUT2D eigenvalue weighted by Crippen LogP contribution is 2.31. The molecule has 0 unspecified atom stereocenters. The second kappa shape index (κ2) is 12.8. The van der Waals surface area contributed by atoms with Crippen LogP contribution < -0.4 is 24.3 Å². The van der Waals surface area contributed by atoms with Crippen LogP contribution in [0.3, 0.4) is 0 Å². The van der Waals surface area contributed by atoms with Gasteiger partial charge in [0.05, 0.1) is 31.8 Å². The van der Waals surface area contributed by atoms with E-state index in [1.165, 1.54) is 0 Å². The van der Waals surface area contributed by atoms with Gasteiger partial charge in [-0.2, -0.15) is 0 Å². The fourth-order valence-corrected chi connectivity index (χ4v) is 3.20. The van der Waals surface area contributed by atoms with Crippen molar-refractivity contribution < 1.29 is 23.7 Å². The molecule has 32 heavy (non-hydrogen) atoms. The Kier molecular flexibility index (Phi) is 10.2. The van der Waals surface area contributed by atoms with Gasteiger partial charge in [-0.3, -0.25) is 4.79 Å². The first-order chi connectivity index (χ1) is 15.3. The predicted octanol–water partition coefficient (Wildman–Crippen LogP) is 4.96. The van der Waals surface area contributed by atoms with Crippen molar-refractivity contribution in [2.24, 2.45) is 0 Å². The molecule has 2 aromatic rings. The molecule has 2 aromatic carbocycles. The molecule has 6 nitrogen and oxygen atoms in total. The second-order valence-corrected chi connectivity index (χ2v) is 8.04. The summed E-state index contributed by atoms with van der Waals surface area (Å²) < 4.78 is 23.0. The number of rotatable bonds is 13. The van der Waals surface area contributed by atoms with Crippen molar-refractivity contribution in [3.05, 3.63) is 47.5 Å². The van der Waals surface area contributed by atoms with E-state index in [1.54, 1.807) is 0 Å². The number of carbonyl (C=O) groups is 1. The zero-order chi connectivity index (χ0) is 23.5. The molecule has 0 radical (unpaired) electrons. The number of hydrogen-bond donors (Lipinski definition) is 1. The molecule has 0 saturated carbocycles. The molecule has 0 saturated heterocycles. The quantitative estimate of drug-likeness (QED) is 0.474. The summed E-state index contributed by atoms with van der Waals surface area (Å²) in [6.07, 6.45) is 1.05. The Morgan fingerprint density at radius 3 is 2.00 bits per heavy atom. The van der Waals surface area contributed by atoms with Gasteiger partial charge in [-0.15, -0.1) is 0 Å². The SMILES string of the molecule is CCOc1ccc(CCNC(=O)Cc2ccc(OC(C)C)c(OC(C)C)c2)cc1OCC. The highest BCUT2D eigenvalue weighted by Gasteiger charge is 2.12. The average Bonchev–Trinajstić information content (AvgIpc) is 2.71. The first-order valence-corrected chi connectivity index (χ1v) is 11.4. The molecule has 0 atom stereocenters. The average molecular weight is 444 g/mol. The molecule has 1 N–H and O–H groups in total. The first kappa shape index (κ1) is 25.4. The summed E-state index contributed by atoms with van der Waals surface area (Å²) >= 11 is 0. The monoisotopic (exact) mass is 443 g/mol. The van der Waals surface area contributed by atoms with Gasteiger partial charge in [-0.1, -0.05) is 12.1 Å². The van der Waals surface area contributed by atoms with Crippen LogP contribution in [0.4, 0.5) is 0 Å². The van der Waals surface area contributed by atoms with Gasteiger partial charge in [-0.05, 0) is 83.4 Å². The van der Waals surface area contributed by atoms with Crippen LogP contribution in [-0.4, -0.2) is 37.9 Å². The summed E-state index contributed by atoms with van der Waals surface area (Å²) in [7, 11) is 0. The smallest absolute Gasteiger partial charge is 0.224 e. The van der Waals surface area contributed by atoms with E-state index in [-0.39, 0.29) is 24.5 Å². The minimum atomic E-state index is -0.0333. The van der Waals surface area contributed by atoms with E-state index in [0.29, 0.717) is 37.7 Å². The van der Waals surface area contributed by atoms with Crippen molar-refractivity contribution in [2.75, 3.05) is 19.8 Å². The van der Waals surface area contributed by atoms with Crippen LogP contribution in [0.2, 0.25) is 0 Å². The van der Waals surface area contributed by atoms with Crippen LogP contribution in [-0.2, 0) is 17.6 Å². The van der Waals surface area contributed by atoms with Crippen LogP contribution in [0.25, 0.3) is 0 Å². The van der Waals surface area contributed by atoms with E-state index >= 15 is 0 Å². The number of amides is 1. The molecule has 0 aromatic heterocycles. The summed E-state index contributed by atoms with van der Waals surface area (Å²) in [5.41, 5.74) is 1.97. The molecule has 0 aliphatic carbocycles. The maximum Gasteiger partial charge on any atom is 0.224 e. The van der Waals surface area contributed by atoms with Crippen molar-refractivity contribution in [2.45, 2.75) is 66.6 Å². The summed E-state index contributed by atoms with van der Waals surface area (Å²) in [5.74, 6) is 2.80. The second-order valence-electron chi connectivity index (χ2n) is 8.04. The van der Waals surface area contributed by atoms with Crippen molar-refractivity contribution in [3.8, 4) is 23.0 Å². The predicted molar refractivity (Wildman–Crippen MR) is 127 cm³/mol. The third-order valence-corrected chi connectivity index (χ3v) is 4.44. The maximum absolute atomic E-state index is 12.5. The van der Waals surface area contributed by atoms with Gasteiger partial charge in [0.15, 0.2) is 23.0 Å². The fourth-order valence-electron chi connectivity index (χ4n) is 3.20. The normalized spacial score (nSPS) is 10.9. The number of benzene rings is 2. The molecule has 0 aliphatic heterocycles. The van der Waals surface area contributed by atoms with Gasteiger partial charge in [0, 0.05) is 6.54 Å². The lowest BCUT2D eigenvalue weighted by Gasteiger charge is -2.18. The Bertz CT molecular complexity index is 863. The number of ether oxygens (including phenoxy) is 4. The molecule has 0 heterocycles. The molecule has 2 rings (SSSR count). The largest absolute Gasteiger partial charge is 0.490 e. The summed E-state index contributed by atoms with van der Waals surface area (Å²) in [4.78, 5) is 12.5. The topological polar surface area (TPSA) is 66.0 Å². The van der Waals surface area contributed by atoms with Crippen LogP contribution in [0.1, 0.15) is 52.7 Å². The first-order valence-electron chi connectivity index (χ1n) is 11.4. The van der Waals surface area contributed by atoms with Crippen molar-refractivity contribution in [1.82, 2.24) is 5.32 Å². The molecule has 0 fully saturated rings. The molecular formula is C26H37NO5. The molecule has 0 bridgehead atoms. The van der Waals surface area contributed by atoms with Gasteiger partial charge in [0.2, 0.25) is 5.91 Å². The Labute approximate surface area is 192 Å². The molecular weight excluding hydrogens is 406 g/mol. The van der Waals surface area contributed by atoms with Crippen molar-refractivity contribution in [3.63, 3.8) is 0 Å². The highest BCUT2D eigenvalue weighted by atomic mass is 16.5. The van der Waals surface area contributed by atoms with Crippen LogP contribution in [0, 0.1) is 0 Å². The van der Waals surface area contributed by atoms with Crippen LogP contribution in [0.5, 0.6) is 23.0 Å². The molecule has 6 heteroatoms. The third kappa shape index (κ3) is 8.33. The summed E-state index contributed by atoms with van der Waals surface area (Å²) in [6.45, 7) is 13.5. The van der Waals surface area contributed by atoms with E-state index in [0.717, 1.165) is 22.6 Å². The Balaban J connectivity index is 1.94. The molecule has 0 aliphatic rings. The van der Waals surface area contributed by atoms with E-state index in [9.17, 15) is 4.79 Å². The van der Waals surface area contributed by atoms with E-state index in [2.05, 4.69) is 5.32 Å².